The molecule has 0 aliphatic carbocycles. The van der Waals surface area contributed by atoms with Crippen molar-refractivity contribution in [3.05, 3.63) is 42.2 Å². The van der Waals surface area contributed by atoms with E-state index in [1.165, 1.54) is 12.4 Å². The summed E-state index contributed by atoms with van der Waals surface area (Å²) in [7, 11) is 0. The van der Waals surface area contributed by atoms with Gasteiger partial charge in [-0.1, -0.05) is 5.16 Å². The Balaban J connectivity index is 2.04. The average molecular weight is 275 g/mol. The van der Waals surface area contributed by atoms with Gasteiger partial charge < -0.3 is 10.3 Å². The zero-order valence-corrected chi connectivity index (χ0v) is 9.92. The number of nitrogen functional groups attached to an aromatic ring is 1. The van der Waals surface area contributed by atoms with Crippen LogP contribution in [-0.2, 0) is 0 Å². The third kappa shape index (κ3) is 2.18. The van der Waals surface area contributed by atoms with Crippen molar-refractivity contribution >= 4 is 5.82 Å². The molecule has 0 saturated carbocycles. The van der Waals surface area contributed by atoms with Crippen molar-refractivity contribution in [2.24, 2.45) is 0 Å². The van der Waals surface area contributed by atoms with E-state index in [1.807, 2.05) is 0 Å². The topological polar surface area (TPSA) is 90.7 Å². The van der Waals surface area contributed by atoms with Gasteiger partial charge in [-0.25, -0.2) is 18.7 Å². The average Bonchev–Trinajstić information content (AvgIpc) is 2.87. The minimum Gasteiger partial charge on any atom is -0.382 e. The molecule has 2 N–H and O–H groups in total. The first kappa shape index (κ1) is 12.2. The Labute approximate surface area is 111 Å². The highest BCUT2D eigenvalue weighted by Gasteiger charge is 2.15. The molecule has 0 atom stereocenters. The third-order valence-electron chi connectivity index (χ3n) is 2.48. The van der Waals surface area contributed by atoms with Crippen LogP contribution >= 0.6 is 0 Å². The first-order valence-electron chi connectivity index (χ1n) is 5.50. The van der Waals surface area contributed by atoms with E-state index in [2.05, 4.69) is 20.1 Å². The first-order chi connectivity index (χ1) is 9.63. The number of nitrogens with two attached hydrogens (primary N) is 1. The lowest BCUT2D eigenvalue weighted by Crippen LogP contribution is -1.96. The second kappa shape index (κ2) is 4.65. The molecule has 3 rings (SSSR count). The molecule has 0 fully saturated rings. The molecular weight excluding hydrogens is 268 g/mol. The lowest BCUT2D eigenvalue weighted by molar-refractivity contribution is 0.431. The minimum atomic E-state index is -0.731. The number of benzene rings is 1. The Morgan fingerprint density at radius 3 is 2.40 bits per heavy atom. The van der Waals surface area contributed by atoms with Crippen LogP contribution in [0.15, 0.2) is 35.1 Å². The van der Waals surface area contributed by atoms with Crippen LogP contribution in [0.3, 0.4) is 0 Å². The molecule has 0 aliphatic heterocycles. The summed E-state index contributed by atoms with van der Waals surface area (Å²) in [6.45, 7) is 0. The highest BCUT2D eigenvalue weighted by atomic mass is 19.1. The molecule has 0 spiro atoms. The molecule has 2 heterocycles. The Morgan fingerprint density at radius 1 is 1.00 bits per heavy atom. The van der Waals surface area contributed by atoms with Gasteiger partial charge in [-0.15, -0.1) is 0 Å². The van der Waals surface area contributed by atoms with Gasteiger partial charge in [-0.05, 0) is 12.1 Å². The normalized spacial score (nSPS) is 10.7. The predicted molar refractivity (Wildman–Crippen MR) is 65.1 cm³/mol. The number of hydrogen-bond donors (Lipinski definition) is 1. The van der Waals surface area contributed by atoms with Crippen molar-refractivity contribution < 1.29 is 13.3 Å². The molecule has 20 heavy (non-hydrogen) atoms. The summed E-state index contributed by atoms with van der Waals surface area (Å²) in [6.07, 6.45) is 2.83. The quantitative estimate of drug-likeness (QED) is 0.769. The van der Waals surface area contributed by atoms with E-state index in [9.17, 15) is 8.78 Å². The number of rotatable bonds is 2. The first-order valence-corrected chi connectivity index (χ1v) is 5.50. The predicted octanol–water partition coefficient (Wildman–Crippen LogP) is 2.05. The number of anilines is 1. The summed E-state index contributed by atoms with van der Waals surface area (Å²) in [5.74, 6) is -1.29. The van der Waals surface area contributed by atoms with Crippen LogP contribution in [0.1, 0.15) is 0 Å². The Kier molecular flexibility index (Phi) is 2.82. The van der Waals surface area contributed by atoms with Crippen molar-refractivity contribution in [2.45, 2.75) is 0 Å². The van der Waals surface area contributed by atoms with Crippen molar-refractivity contribution in [2.75, 3.05) is 5.73 Å². The molecule has 0 saturated heterocycles. The maximum absolute atomic E-state index is 13.1. The van der Waals surface area contributed by atoms with Gasteiger partial charge in [0.1, 0.15) is 11.6 Å². The molecule has 3 aromatic rings. The largest absolute Gasteiger partial charge is 0.382 e. The summed E-state index contributed by atoms with van der Waals surface area (Å²) in [6, 6.07) is 2.95. The lowest BCUT2D eigenvalue weighted by Gasteiger charge is -1.96. The molecule has 2 aromatic heterocycles. The van der Waals surface area contributed by atoms with Crippen LogP contribution in [0, 0.1) is 11.6 Å². The zero-order chi connectivity index (χ0) is 14.1. The van der Waals surface area contributed by atoms with Gasteiger partial charge in [0.2, 0.25) is 5.82 Å². The fourth-order valence-electron chi connectivity index (χ4n) is 1.63. The van der Waals surface area contributed by atoms with Gasteiger partial charge in [0.25, 0.3) is 5.89 Å². The second-order valence-corrected chi connectivity index (χ2v) is 3.87. The number of hydrogen-bond acceptors (Lipinski definition) is 6. The summed E-state index contributed by atoms with van der Waals surface area (Å²) >= 11 is 0. The molecule has 8 heteroatoms. The fourth-order valence-corrected chi connectivity index (χ4v) is 1.63. The van der Waals surface area contributed by atoms with Crippen LogP contribution in [0.25, 0.3) is 23.0 Å². The Hall–Kier alpha value is -2.90. The minimum absolute atomic E-state index is 0.0234. The van der Waals surface area contributed by atoms with E-state index in [-0.39, 0.29) is 28.8 Å². The number of nitrogens with zero attached hydrogens (tertiary/aromatic N) is 4. The molecule has 1 aromatic carbocycles. The Morgan fingerprint density at radius 2 is 1.70 bits per heavy atom. The molecule has 0 unspecified atom stereocenters. The van der Waals surface area contributed by atoms with E-state index in [0.29, 0.717) is 0 Å². The summed E-state index contributed by atoms with van der Waals surface area (Å²) < 4.78 is 31.3. The molecule has 6 nitrogen and oxygen atoms in total. The van der Waals surface area contributed by atoms with Crippen LogP contribution in [0.5, 0.6) is 0 Å². The maximum atomic E-state index is 13.1. The van der Waals surface area contributed by atoms with E-state index in [1.54, 1.807) is 0 Å². The van der Waals surface area contributed by atoms with E-state index in [4.69, 9.17) is 10.3 Å². The summed E-state index contributed by atoms with van der Waals surface area (Å²) in [5, 5.41) is 3.64. The van der Waals surface area contributed by atoms with Gasteiger partial charge in [0.15, 0.2) is 11.5 Å². The van der Waals surface area contributed by atoms with Gasteiger partial charge in [-0.3, -0.25) is 0 Å². The van der Waals surface area contributed by atoms with Gasteiger partial charge in [0.05, 0.1) is 0 Å². The van der Waals surface area contributed by atoms with Crippen molar-refractivity contribution in [1.82, 2.24) is 20.1 Å². The molecule has 100 valence electrons. The molecule has 0 bridgehead atoms. The standard InChI is InChI=1S/C12H7F2N5O/c13-7-3-6(4-8(14)5-7)11-18-12(20-19-11)9-10(15)17-2-1-16-9/h1-5H,(H2,15,17). The monoisotopic (exact) mass is 275 g/mol. The van der Waals surface area contributed by atoms with E-state index >= 15 is 0 Å². The Bertz CT molecular complexity index is 754. The lowest BCUT2D eigenvalue weighted by atomic mass is 10.2. The molecule has 0 amide bonds. The zero-order valence-electron chi connectivity index (χ0n) is 9.92. The molecular formula is C12H7F2N5O. The fraction of sp³-hybridized carbons (Fsp3) is 0. The van der Waals surface area contributed by atoms with Gasteiger partial charge in [-0.2, -0.15) is 4.98 Å². The highest BCUT2D eigenvalue weighted by molar-refractivity contribution is 5.64. The number of halogens is 2. The number of aromatic nitrogens is 4. The van der Waals surface area contributed by atoms with Crippen LogP contribution in [-0.4, -0.2) is 20.1 Å². The van der Waals surface area contributed by atoms with Crippen molar-refractivity contribution in [3.63, 3.8) is 0 Å². The third-order valence-corrected chi connectivity index (χ3v) is 2.48. The van der Waals surface area contributed by atoms with Crippen LogP contribution in [0.2, 0.25) is 0 Å². The van der Waals surface area contributed by atoms with Crippen LogP contribution in [0.4, 0.5) is 14.6 Å². The SMILES string of the molecule is Nc1nccnc1-c1nc(-c2cc(F)cc(F)c2)no1. The summed E-state index contributed by atoms with van der Waals surface area (Å²) in [4.78, 5) is 11.8. The van der Waals surface area contributed by atoms with E-state index in [0.717, 1.165) is 18.2 Å². The van der Waals surface area contributed by atoms with Crippen LogP contribution < -0.4 is 5.73 Å². The highest BCUT2D eigenvalue weighted by Crippen LogP contribution is 2.24. The smallest absolute Gasteiger partial charge is 0.280 e. The van der Waals surface area contributed by atoms with Crippen molar-refractivity contribution in [3.8, 4) is 23.0 Å². The second-order valence-electron chi connectivity index (χ2n) is 3.87. The maximum Gasteiger partial charge on any atom is 0.280 e. The molecule has 0 aliphatic rings. The summed E-state index contributed by atoms with van der Waals surface area (Å²) in [5.41, 5.74) is 5.99. The van der Waals surface area contributed by atoms with E-state index < -0.39 is 11.6 Å². The van der Waals surface area contributed by atoms with Gasteiger partial charge in [0, 0.05) is 24.0 Å². The van der Waals surface area contributed by atoms with Gasteiger partial charge >= 0.3 is 0 Å². The van der Waals surface area contributed by atoms with Crippen molar-refractivity contribution in [1.29, 1.82) is 0 Å². The molecule has 0 radical (unpaired) electrons.